The van der Waals surface area contributed by atoms with E-state index in [0.29, 0.717) is 6.54 Å². The fourth-order valence-electron chi connectivity index (χ4n) is 2.59. The lowest BCUT2D eigenvalue weighted by molar-refractivity contribution is -0.0440. The fraction of sp³-hybridized carbons (Fsp3) is 0.533. The van der Waals surface area contributed by atoms with Crippen LogP contribution in [0.25, 0.3) is 0 Å². The number of methoxy groups -OCH3 is 1. The highest BCUT2D eigenvalue weighted by Gasteiger charge is 2.33. The Kier molecular flexibility index (Phi) is 4.31. The molecule has 1 aromatic carbocycles. The van der Waals surface area contributed by atoms with Crippen LogP contribution in [0.3, 0.4) is 0 Å². The van der Waals surface area contributed by atoms with E-state index in [1.54, 1.807) is 7.11 Å². The number of benzene rings is 1. The zero-order valence-corrected chi connectivity index (χ0v) is 13.3. The summed E-state index contributed by atoms with van der Waals surface area (Å²) in [5.74, 6) is 0.0902. The fourth-order valence-corrected chi connectivity index (χ4v) is 3.20. The lowest BCUT2D eigenvalue weighted by Crippen LogP contribution is -2.49. The lowest BCUT2D eigenvalue weighted by atomic mass is 9.94. The van der Waals surface area contributed by atoms with E-state index >= 15 is 0 Å². The van der Waals surface area contributed by atoms with Gasteiger partial charge in [0.25, 0.3) is 5.91 Å². The van der Waals surface area contributed by atoms with Gasteiger partial charge in [-0.3, -0.25) is 4.79 Å². The average molecular weight is 326 g/mol. The number of hydrogen-bond donors (Lipinski definition) is 0. The maximum Gasteiger partial charge on any atom is 0.254 e. The lowest BCUT2D eigenvalue weighted by Gasteiger charge is -2.39. The summed E-state index contributed by atoms with van der Waals surface area (Å²) in [6, 6.07) is 5.83. The van der Waals surface area contributed by atoms with E-state index in [1.807, 2.05) is 30.0 Å². The molecule has 19 heavy (non-hydrogen) atoms. The van der Waals surface area contributed by atoms with Crippen molar-refractivity contribution in [3.8, 4) is 0 Å². The second kappa shape index (κ2) is 5.63. The molecule has 3 nitrogen and oxygen atoms in total. The van der Waals surface area contributed by atoms with Crippen LogP contribution in [0, 0.1) is 6.92 Å². The van der Waals surface area contributed by atoms with Gasteiger partial charge in [-0.15, -0.1) is 0 Å². The molecule has 0 N–H and O–H groups in total. The van der Waals surface area contributed by atoms with E-state index in [0.717, 1.165) is 35.0 Å². The molecule has 0 spiro atoms. The first-order valence-corrected chi connectivity index (χ1v) is 7.34. The van der Waals surface area contributed by atoms with Gasteiger partial charge in [-0.05, 0) is 50.5 Å². The van der Waals surface area contributed by atoms with Crippen molar-refractivity contribution in [3.05, 3.63) is 33.8 Å². The number of rotatable bonds is 2. The molecule has 104 valence electrons. The molecule has 0 radical (unpaired) electrons. The van der Waals surface area contributed by atoms with E-state index in [2.05, 4.69) is 22.9 Å². The normalized spacial score (nSPS) is 23.5. The largest absolute Gasteiger partial charge is 0.377 e. The van der Waals surface area contributed by atoms with Gasteiger partial charge in [0.15, 0.2) is 0 Å². The Hall–Kier alpha value is -0.870. The number of hydrogen-bond acceptors (Lipinski definition) is 2. The Labute approximate surface area is 123 Å². The van der Waals surface area contributed by atoms with Crippen molar-refractivity contribution in [3.63, 3.8) is 0 Å². The molecule has 0 aromatic heterocycles. The summed E-state index contributed by atoms with van der Waals surface area (Å²) in [6.45, 7) is 5.53. The molecular formula is C15H20BrNO2. The summed E-state index contributed by atoms with van der Waals surface area (Å²) in [5, 5.41) is 0. The maximum absolute atomic E-state index is 12.6. The van der Waals surface area contributed by atoms with Crippen molar-refractivity contribution in [2.24, 2.45) is 0 Å². The minimum absolute atomic E-state index is 0.0902. The van der Waals surface area contributed by atoms with E-state index < -0.39 is 0 Å². The number of piperidine rings is 1. The van der Waals surface area contributed by atoms with Gasteiger partial charge in [-0.2, -0.15) is 0 Å². The van der Waals surface area contributed by atoms with Gasteiger partial charge in [0.05, 0.1) is 5.60 Å². The number of nitrogens with zero attached hydrogens (tertiary/aromatic N) is 1. The second-order valence-corrected chi connectivity index (χ2v) is 6.42. The molecule has 1 unspecified atom stereocenters. The Morgan fingerprint density at radius 2 is 2.16 bits per heavy atom. The SMILES string of the molecule is COC1(C)CCCN(C(=O)c2cc(C)cc(Br)c2)C1. The zero-order chi connectivity index (χ0) is 14.0. The van der Waals surface area contributed by atoms with Gasteiger partial charge in [0, 0.05) is 30.2 Å². The van der Waals surface area contributed by atoms with Gasteiger partial charge in [-0.1, -0.05) is 15.9 Å². The predicted octanol–water partition coefficient (Wildman–Crippen LogP) is 3.40. The van der Waals surface area contributed by atoms with E-state index in [4.69, 9.17) is 4.74 Å². The smallest absolute Gasteiger partial charge is 0.254 e. The second-order valence-electron chi connectivity index (χ2n) is 5.50. The monoisotopic (exact) mass is 325 g/mol. The highest BCUT2D eigenvalue weighted by atomic mass is 79.9. The van der Waals surface area contributed by atoms with Gasteiger partial charge >= 0.3 is 0 Å². The number of carbonyl (C=O) groups excluding carboxylic acids is 1. The van der Waals surface area contributed by atoms with Crippen LogP contribution in [0.4, 0.5) is 0 Å². The number of likely N-dealkylation sites (tertiary alicyclic amines) is 1. The Morgan fingerprint density at radius 3 is 2.79 bits per heavy atom. The number of ether oxygens (including phenoxy) is 1. The molecule has 1 aromatic rings. The standard InChI is InChI=1S/C15H20BrNO2/c1-11-7-12(9-13(16)8-11)14(18)17-6-4-5-15(2,10-17)19-3/h7-9H,4-6,10H2,1-3H3. The summed E-state index contributed by atoms with van der Waals surface area (Å²) in [6.07, 6.45) is 1.99. The average Bonchev–Trinajstić information content (AvgIpc) is 2.37. The zero-order valence-electron chi connectivity index (χ0n) is 11.7. The van der Waals surface area contributed by atoms with Crippen LogP contribution in [0.5, 0.6) is 0 Å². The van der Waals surface area contributed by atoms with E-state index in [1.165, 1.54) is 0 Å². The molecular weight excluding hydrogens is 306 g/mol. The number of aryl methyl sites for hydroxylation is 1. The van der Waals surface area contributed by atoms with Crippen molar-refractivity contribution in [1.82, 2.24) is 4.90 Å². The molecule has 0 bridgehead atoms. The molecule has 1 aliphatic heterocycles. The summed E-state index contributed by atoms with van der Waals surface area (Å²) in [4.78, 5) is 14.5. The summed E-state index contributed by atoms with van der Waals surface area (Å²) < 4.78 is 6.49. The summed E-state index contributed by atoms with van der Waals surface area (Å²) >= 11 is 3.45. The maximum atomic E-state index is 12.6. The summed E-state index contributed by atoms with van der Waals surface area (Å²) in [7, 11) is 1.72. The number of halogens is 1. The van der Waals surface area contributed by atoms with E-state index in [-0.39, 0.29) is 11.5 Å². The molecule has 4 heteroatoms. The molecule has 1 amide bonds. The molecule has 0 saturated carbocycles. The van der Waals surface area contributed by atoms with Crippen LogP contribution in [-0.2, 0) is 4.74 Å². The van der Waals surface area contributed by atoms with Crippen LogP contribution in [0.2, 0.25) is 0 Å². The third-order valence-corrected chi connectivity index (χ3v) is 4.19. The minimum Gasteiger partial charge on any atom is -0.377 e. The predicted molar refractivity (Wildman–Crippen MR) is 79.4 cm³/mol. The van der Waals surface area contributed by atoms with Gasteiger partial charge in [0.1, 0.15) is 0 Å². The van der Waals surface area contributed by atoms with Crippen LogP contribution < -0.4 is 0 Å². The van der Waals surface area contributed by atoms with Crippen molar-refractivity contribution >= 4 is 21.8 Å². The quantitative estimate of drug-likeness (QED) is 0.834. The Morgan fingerprint density at radius 1 is 1.42 bits per heavy atom. The number of carbonyl (C=O) groups is 1. The molecule has 1 atom stereocenters. The van der Waals surface area contributed by atoms with Crippen molar-refractivity contribution < 1.29 is 9.53 Å². The highest BCUT2D eigenvalue weighted by Crippen LogP contribution is 2.26. The highest BCUT2D eigenvalue weighted by molar-refractivity contribution is 9.10. The van der Waals surface area contributed by atoms with E-state index in [9.17, 15) is 4.79 Å². The number of amides is 1. The Balaban J connectivity index is 2.19. The third kappa shape index (κ3) is 3.37. The molecule has 0 aliphatic carbocycles. The first-order valence-electron chi connectivity index (χ1n) is 6.55. The molecule has 1 fully saturated rings. The van der Waals surface area contributed by atoms with Crippen LogP contribution in [-0.4, -0.2) is 36.6 Å². The van der Waals surface area contributed by atoms with Gasteiger partial charge in [-0.25, -0.2) is 0 Å². The van der Waals surface area contributed by atoms with Crippen LogP contribution in [0.15, 0.2) is 22.7 Å². The van der Waals surface area contributed by atoms with Crippen molar-refractivity contribution in [2.45, 2.75) is 32.3 Å². The molecule has 1 saturated heterocycles. The first kappa shape index (κ1) is 14.5. The third-order valence-electron chi connectivity index (χ3n) is 3.73. The van der Waals surface area contributed by atoms with Gasteiger partial charge in [0.2, 0.25) is 0 Å². The van der Waals surface area contributed by atoms with Crippen LogP contribution in [0.1, 0.15) is 35.7 Å². The molecule has 1 heterocycles. The van der Waals surface area contributed by atoms with Crippen molar-refractivity contribution in [2.75, 3.05) is 20.2 Å². The molecule has 1 aliphatic rings. The minimum atomic E-state index is -0.213. The Bertz CT molecular complexity index is 469. The summed E-state index contributed by atoms with van der Waals surface area (Å²) in [5.41, 5.74) is 1.62. The van der Waals surface area contributed by atoms with Crippen LogP contribution >= 0.6 is 15.9 Å². The topological polar surface area (TPSA) is 29.5 Å². The first-order chi connectivity index (χ1) is 8.93. The van der Waals surface area contributed by atoms with Crippen molar-refractivity contribution in [1.29, 1.82) is 0 Å². The molecule has 2 rings (SSSR count). The van der Waals surface area contributed by atoms with Gasteiger partial charge < -0.3 is 9.64 Å².